The lowest BCUT2D eigenvalue weighted by Crippen LogP contribution is -2.22. The Morgan fingerprint density at radius 1 is 1.50 bits per heavy atom. The van der Waals surface area contributed by atoms with Crippen molar-refractivity contribution in [1.29, 1.82) is 0 Å². The van der Waals surface area contributed by atoms with Gasteiger partial charge in [-0.2, -0.15) is 0 Å². The molecule has 5 nitrogen and oxygen atoms in total. The number of ether oxygens (including phenoxy) is 2. The molecule has 5 heteroatoms. The van der Waals surface area contributed by atoms with E-state index in [4.69, 9.17) is 9.47 Å². The lowest BCUT2D eigenvalue weighted by atomic mass is 10.3. The molecule has 0 saturated heterocycles. The van der Waals surface area contributed by atoms with Crippen molar-refractivity contribution in [2.75, 3.05) is 20.3 Å². The number of carbonyl (C=O) groups is 2. The molecule has 0 saturated carbocycles. The summed E-state index contributed by atoms with van der Waals surface area (Å²) in [4.78, 5) is 20.9. The predicted molar refractivity (Wildman–Crippen MR) is 50.6 cm³/mol. The standard InChI is InChI=1S/C9H15NO4/c1-8(10-7-11)3-4-9(12)14-6-5-13-2/h3-4,7-8H,5-6H2,1-2H3,(H,10,11)/b4-3+. The molecule has 14 heavy (non-hydrogen) atoms. The maximum Gasteiger partial charge on any atom is 0.330 e. The second-order valence-electron chi connectivity index (χ2n) is 2.59. The first-order valence-electron chi connectivity index (χ1n) is 4.24. The minimum absolute atomic E-state index is 0.178. The Hall–Kier alpha value is -1.36. The highest BCUT2D eigenvalue weighted by molar-refractivity contribution is 5.82. The summed E-state index contributed by atoms with van der Waals surface area (Å²) in [6.07, 6.45) is 3.39. The Morgan fingerprint density at radius 2 is 2.21 bits per heavy atom. The van der Waals surface area contributed by atoms with Crippen molar-refractivity contribution in [2.24, 2.45) is 0 Å². The fourth-order valence-electron chi connectivity index (χ4n) is 0.659. The van der Waals surface area contributed by atoms with Crippen LogP contribution in [0.4, 0.5) is 0 Å². The Morgan fingerprint density at radius 3 is 2.79 bits per heavy atom. The van der Waals surface area contributed by atoms with Crippen LogP contribution in [0.15, 0.2) is 12.2 Å². The molecular weight excluding hydrogens is 186 g/mol. The SMILES string of the molecule is COCCOC(=O)/C=C/C(C)NC=O. The van der Waals surface area contributed by atoms with Gasteiger partial charge in [-0.05, 0) is 6.92 Å². The topological polar surface area (TPSA) is 64.6 Å². The van der Waals surface area contributed by atoms with Gasteiger partial charge in [-0.25, -0.2) is 4.79 Å². The number of hydrogen-bond acceptors (Lipinski definition) is 4. The molecule has 1 atom stereocenters. The molecule has 0 fully saturated rings. The minimum Gasteiger partial charge on any atom is -0.460 e. The van der Waals surface area contributed by atoms with E-state index in [2.05, 4.69) is 5.32 Å². The van der Waals surface area contributed by atoms with Gasteiger partial charge in [-0.15, -0.1) is 0 Å². The number of amides is 1. The van der Waals surface area contributed by atoms with Gasteiger partial charge in [-0.1, -0.05) is 6.08 Å². The van der Waals surface area contributed by atoms with Crippen molar-refractivity contribution in [3.63, 3.8) is 0 Å². The van der Waals surface area contributed by atoms with Crippen molar-refractivity contribution in [1.82, 2.24) is 5.32 Å². The van der Waals surface area contributed by atoms with E-state index in [1.807, 2.05) is 0 Å². The molecular formula is C9H15NO4. The zero-order valence-electron chi connectivity index (χ0n) is 8.36. The predicted octanol–water partition coefficient (Wildman–Crippen LogP) is -0.133. The number of methoxy groups -OCH3 is 1. The van der Waals surface area contributed by atoms with Crippen LogP contribution >= 0.6 is 0 Å². The summed E-state index contributed by atoms with van der Waals surface area (Å²) < 4.78 is 9.44. The van der Waals surface area contributed by atoms with Crippen LogP contribution in [0.3, 0.4) is 0 Å². The highest BCUT2D eigenvalue weighted by Gasteiger charge is 1.97. The van der Waals surface area contributed by atoms with Crippen LogP contribution < -0.4 is 5.32 Å². The summed E-state index contributed by atoms with van der Waals surface area (Å²) in [6, 6.07) is -0.178. The van der Waals surface area contributed by atoms with Crippen LogP contribution in [-0.2, 0) is 19.1 Å². The number of nitrogens with one attached hydrogen (secondary N) is 1. The van der Waals surface area contributed by atoms with Crippen LogP contribution in [0.5, 0.6) is 0 Å². The fraction of sp³-hybridized carbons (Fsp3) is 0.556. The zero-order valence-corrected chi connectivity index (χ0v) is 8.36. The average Bonchev–Trinajstić information content (AvgIpc) is 2.16. The summed E-state index contributed by atoms with van der Waals surface area (Å²) in [7, 11) is 1.53. The van der Waals surface area contributed by atoms with Crippen LogP contribution in [0.25, 0.3) is 0 Å². The molecule has 0 bridgehead atoms. The number of esters is 1. The van der Waals surface area contributed by atoms with E-state index in [0.717, 1.165) is 0 Å². The third-order valence-electron chi connectivity index (χ3n) is 1.38. The summed E-state index contributed by atoms with van der Waals surface area (Å²) in [5.41, 5.74) is 0. The quantitative estimate of drug-likeness (QED) is 0.269. The summed E-state index contributed by atoms with van der Waals surface area (Å²) in [5, 5.41) is 2.47. The molecule has 0 aliphatic rings. The van der Waals surface area contributed by atoms with E-state index >= 15 is 0 Å². The van der Waals surface area contributed by atoms with Gasteiger partial charge in [0.2, 0.25) is 6.41 Å². The molecule has 1 unspecified atom stereocenters. The molecule has 0 heterocycles. The molecule has 0 radical (unpaired) electrons. The molecule has 80 valence electrons. The van der Waals surface area contributed by atoms with Gasteiger partial charge in [-0.3, -0.25) is 4.79 Å². The third kappa shape index (κ3) is 7.30. The molecule has 1 amide bonds. The molecule has 1 N–H and O–H groups in total. The van der Waals surface area contributed by atoms with Crippen molar-refractivity contribution in [2.45, 2.75) is 13.0 Å². The highest BCUT2D eigenvalue weighted by atomic mass is 16.6. The molecule has 0 aromatic carbocycles. The number of rotatable bonds is 7. The van der Waals surface area contributed by atoms with E-state index in [-0.39, 0.29) is 12.6 Å². The lowest BCUT2D eigenvalue weighted by Gasteiger charge is -2.03. The maximum absolute atomic E-state index is 10.9. The fourth-order valence-corrected chi connectivity index (χ4v) is 0.659. The van der Waals surface area contributed by atoms with E-state index in [9.17, 15) is 9.59 Å². The van der Waals surface area contributed by atoms with Crippen molar-refractivity contribution < 1.29 is 19.1 Å². The van der Waals surface area contributed by atoms with Gasteiger partial charge in [0, 0.05) is 19.2 Å². The van der Waals surface area contributed by atoms with E-state index in [1.54, 1.807) is 13.0 Å². The maximum atomic E-state index is 10.9. The largest absolute Gasteiger partial charge is 0.460 e. The van der Waals surface area contributed by atoms with E-state index in [0.29, 0.717) is 13.0 Å². The third-order valence-corrected chi connectivity index (χ3v) is 1.38. The highest BCUT2D eigenvalue weighted by Crippen LogP contribution is 1.86. The molecule has 0 aromatic rings. The van der Waals surface area contributed by atoms with Gasteiger partial charge in [0.1, 0.15) is 6.61 Å². The van der Waals surface area contributed by atoms with Crippen LogP contribution in [-0.4, -0.2) is 38.7 Å². The Bertz CT molecular complexity index is 203. The first-order valence-corrected chi connectivity index (χ1v) is 4.24. The van der Waals surface area contributed by atoms with Crippen LogP contribution in [0, 0.1) is 0 Å². The molecule has 0 rings (SSSR count). The van der Waals surface area contributed by atoms with Gasteiger partial charge in [0.15, 0.2) is 0 Å². The first-order chi connectivity index (χ1) is 6.70. The number of carbonyl (C=O) groups excluding carboxylic acids is 2. The summed E-state index contributed by atoms with van der Waals surface area (Å²) >= 11 is 0. The second-order valence-corrected chi connectivity index (χ2v) is 2.59. The molecule has 0 aliphatic carbocycles. The van der Waals surface area contributed by atoms with E-state index < -0.39 is 5.97 Å². The van der Waals surface area contributed by atoms with Gasteiger partial charge < -0.3 is 14.8 Å². The Kier molecular flexibility index (Phi) is 7.45. The average molecular weight is 201 g/mol. The lowest BCUT2D eigenvalue weighted by molar-refractivity contribution is -0.139. The van der Waals surface area contributed by atoms with Gasteiger partial charge in [0.05, 0.1) is 6.61 Å². The smallest absolute Gasteiger partial charge is 0.330 e. The normalized spacial score (nSPS) is 12.4. The minimum atomic E-state index is -0.443. The second kappa shape index (κ2) is 8.25. The van der Waals surface area contributed by atoms with Gasteiger partial charge >= 0.3 is 5.97 Å². The summed E-state index contributed by atoms with van der Waals surface area (Å²) in [6.45, 7) is 2.35. The monoisotopic (exact) mass is 201 g/mol. The Balaban J connectivity index is 3.64. The van der Waals surface area contributed by atoms with Crippen molar-refractivity contribution in [3.8, 4) is 0 Å². The molecule has 0 aromatic heterocycles. The summed E-state index contributed by atoms with van der Waals surface area (Å²) in [5.74, 6) is -0.443. The van der Waals surface area contributed by atoms with E-state index in [1.165, 1.54) is 13.2 Å². The molecule has 0 aliphatic heterocycles. The number of hydrogen-bond donors (Lipinski definition) is 1. The van der Waals surface area contributed by atoms with Gasteiger partial charge in [0.25, 0.3) is 0 Å². The molecule has 0 spiro atoms. The first kappa shape index (κ1) is 12.6. The van der Waals surface area contributed by atoms with Crippen molar-refractivity contribution in [3.05, 3.63) is 12.2 Å². The van der Waals surface area contributed by atoms with Crippen LogP contribution in [0.1, 0.15) is 6.92 Å². The van der Waals surface area contributed by atoms with Crippen molar-refractivity contribution >= 4 is 12.4 Å². The zero-order chi connectivity index (χ0) is 10.8. The Labute approximate surface area is 83.1 Å². The van der Waals surface area contributed by atoms with Crippen LogP contribution in [0.2, 0.25) is 0 Å².